The molecule has 1 N–H and O–H groups in total. The minimum Gasteiger partial charge on any atom is -0.356 e. The van der Waals surface area contributed by atoms with Gasteiger partial charge in [-0.05, 0) is 24.8 Å². The predicted octanol–water partition coefficient (Wildman–Crippen LogP) is 1.77. The first-order valence-electron chi connectivity index (χ1n) is 9.90. The highest BCUT2D eigenvalue weighted by atomic mass is 16.2. The SMILES string of the molecule is CC(=O)N1CC(C(=O)NCCCN2CCCC2=O)CC(c2ccccc2)C1. The van der Waals surface area contributed by atoms with Gasteiger partial charge in [0.2, 0.25) is 17.7 Å². The van der Waals surface area contributed by atoms with Gasteiger partial charge in [-0.1, -0.05) is 30.3 Å². The maximum absolute atomic E-state index is 12.7. The first-order valence-corrected chi connectivity index (χ1v) is 9.90. The number of carbonyl (C=O) groups is 3. The molecule has 2 unspecified atom stereocenters. The number of piperidine rings is 1. The summed E-state index contributed by atoms with van der Waals surface area (Å²) >= 11 is 0. The van der Waals surface area contributed by atoms with Gasteiger partial charge < -0.3 is 15.1 Å². The molecule has 2 heterocycles. The summed E-state index contributed by atoms with van der Waals surface area (Å²) in [5, 5.41) is 3.01. The van der Waals surface area contributed by atoms with Crippen LogP contribution in [0.5, 0.6) is 0 Å². The summed E-state index contributed by atoms with van der Waals surface area (Å²) in [4.78, 5) is 39.9. The van der Waals surface area contributed by atoms with Gasteiger partial charge in [-0.3, -0.25) is 14.4 Å². The topological polar surface area (TPSA) is 69.7 Å². The number of hydrogen-bond donors (Lipinski definition) is 1. The Labute approximate surface area is 160 Å². The molecule has 0 bridgehead atoms. The maximum Gasteiger partial charge on any atom is 0.224 e. The van der Waals surface area contributed by atoms with E-state index in [0.29, 0.717) is 32.6 Å². The van der Waals surface area contributed by atoms with Crippen LogP contribution in [0.15, 0.2) is 30.3 Å². The number of rotatable bonds is 6. The van der Waals surface area contributed by atoms with E-state index in [1.165, 1.54) is 5.56 Å². The van der Waals surface area contributed by atoms with Gasteiger partial charge in [-0.25, -0.2) is 0 Å². The van der Waals surface area contributed by atoms with Crippen molar-refractivity contribution >= 4 is 17.7 Å². The van der Waals surface area contributed by atoms with Crippen LogP contribution < -0.4 is 5.32 Å². The molecular weight excluding hydrogens is 342 g/mol. The van der Waals surface area contributed by atoms with Gasteiger partial charge in [0.1, 0.15) is 0 Å². The fourth-order valence-electron chi connectivity index (χ4n) is 4.08. The van der Waals surface area contributed by atoms with Gasteiger partial charge >= 0.3 is 0 Å². The Morgan fingerprint density at radius 3 is 2.63 bits per heavy atom. The van der Waals surface area contributed by atoms with E-state index in [2.05, 4.69) is 17.4 Å². The lowest BCUT2D eigenvalue weighted by atomic mass is 9.84. The summed E-state index contributed by atoms with van der Waals surface area (Å²) < 4.78 is 0. The molecule has 6 heteroatoms. The van der Waals surface area contributed by atoms with Crippen LogP contribution in [-0.4, -0.2) is 60.2 Å². The van der Waals surface area contributed by atoms with Crippen molar-refractivity contribution in [2.75, 3.05) is 32.7 Å². The van der Waals surface area contributed by atoms with Crippen molar-refractivity contribution in [3.05, 3.63) is 35.9 Å². The van der Waals surface area contributed by atoms with Crippen molar-refractivity contribution in [2.24, 2.45) is 5.92 Å². The fourth-order valence-corrected chi connectivity index (χ4v) is 4.08. The second-order valence-electron chi connectivity index (χ2n) is 7.59. The normalized spacial score (nSPS) is 22.8. The van der Waals surface area contributed by atoms with Gasteiger partial charge in [0.25, 0.3) is 0 Å². The minimum atomic E-state index is -0.193. The Hall–Kier alpha value is -2.37. The van der Waals surface area contributed by atoms with E-state index in [1.54, 1.807) is 11.8 Å². The highest BCUT2D eigenvalue weighted by Gasteiger charge is 2.33. The van der Waals surface area contributed by atoms with Crippen LogP contribution in [0.1, 0.15) is 44.1 Å². The Morgan fingerprint density at radius 1 is 1.19 bits per heavy atom. The second kappa shape index (κ2) is 9.02. The van der Waals surface area contributed by atoms with E-state index in [9.17, 15) is 14.4 Å². The third-order valence-corrected chi connectivity index (χ3v) is 5.61. The average Bonchev–Trinajstić information content (AvgIpc) is 3.10. The molecule has 1 aromatic rings. The molecule has 0 saturated carbocycles. The molecule has 0 spiro atoms. The van der Waals surface area contributed by atoms with E-state index < -0.39 is 0 Å². The lowest BCUT2D eigenvalue weighted by Gasteiger charge is -2.37. The van der Waals surface area contributed by atoms with Gasteiger partial charge in [0.05, 0.1) is 5.92 Å². The van der Waals surface area contributed by atoms with E-state index >= 15 is 0 Å². The molecule has 0 aliphatic carbocycles. The molecule has 3 rings (SSSR count). The van der Waals surface area contributed by atoms with Crippen LogP contribution in [0, 0.1) is 5.92 Å². The van der Waals surface area contributed by atoms with E-state index in [-0.39, 0.29) is 29.6 Å². The van der Waals surface area contributed by atoms with Crippen molar-refractivity contribution < 1.29 is 14.4 Å². The molecule has 1 aromatic carbocycles. The Balaban J connectivity index is 1.52. The molecule has 2 fully saturated rings. The molecule has 2 aliphatic heterocycles. The molecule has 0 aromatic heterocycles. The van der Waals surface area contributed by atoms with E-state index in [4.69, 9.17) is 0 Å². The number of carbonyl (C=O) groups excluding carboxylic acids is 3. The summed E-state index contributed by atoms with van der Waals surface area (Å²) in [7, 11) is 0. The van der Waals surface area contributed by atoms with Crippen LogP contribution in [0.2, 0.25) is 0 Å². The zero-order chi connectivity index (χ0) is 19.2. The Bertz CT molecular complexity index is 677. The lowest BCUT2D eigenvalue weighted by molar-refractivity contribution is -0.134. The standard InChI is InChI=1S/C21H29N3O3/c1-16(25)24-14-18(17-7-3-2-4-8-17)13-19(15-24)21(27)22-10-6-12-23-11-5-9-20(23)26/h2-4,7-8,18-19H,5-6,9-15H2,1H3,(H,22,27). The third-order valence-electron chi connectivity index (χ3n) is 5.61. The molecular formula is C21H29N3O3. The van der Waals surface area contributed by atoms with Crippen LogP contribution in [0.25, 0.3) is 0 Å². The van der Waals surface area contributed by atoms with Gasteiger partial charge in [-0.15, -0.1) is 0 Å². The van der Waals surface area contributed by atoms with Crippen molar-refractivity contribution in [3.63, 3.8) is 0 Å². The summed E-state index contributed by atoms with van der Waals surface area (Å²) in [6.07, 6.45) is 3.11. The van der Waals surface area contributed by atoms with E-state index in [0.717, 1.165) is 25.8 Å². The predicted molar refractivity (Wildman–Crippen MR) is 103 cm³/mol. The smallest absolute Gasteiger partial charge is 0.224 e. The number of likely N-dealkylation sites (tertiary alicyclic amines) is 2. The Morgan fingerprint density at radius 2 is 1.96 bits per heavy atom. The lowest BCUT2D eigenvalue weighted by Crippen LogP contribution is -2.47. The fraction of sp³-hybridized carbons (Fsp3) is 0.571. The number of amides is 3. The molecule has 146 valence electrons. The molecule has 27 heavy (non-hydrogen) atoms. The van der Waals surface area contributed by atoms with Gasteiger partial charge in [0, 0.05) is 52.0 Å². The number of hydrogen-bond acceptors (Lipinski definition) is 3. The van der Waals surface area contributed by atoms with Crippen molar-refractivity contribution in [1.82, 2.24) is 15.1 Å². The number of benzene rings is 1. The number of nitrogens with zero attached hydrogens (tertiary/aromatic N) is 2. The summed E-state index contributed by atoms with van der Waals surface area (Å²) in [6.45, 7) is 4.82. The summed E-state index contributed by atoms with van der Waals surface area (Å²) in [5.74, 6) is 0.232. The summed E-state index contributed by atoms with van der Waals surface area (Å²) in [5.41, 5.74) is 1.17. The molecule has 2 aliphatic rings. The van der Waals surface area contributed by atoms with Crippen LogP contribution in [-0.2, 0) is 14.4 Å². The second-order valence-corrected chi connectivity index (χ2v) is 7.59. The van der Waals surface area contributed by atoms with Gasteiger partial charge in [0.15, 0.2) is 0 Å². The highest BCUT2D eigenvalue weighted by molar-refractivity contribution is 5.81. The monoisotopic (exact) mass is 371 g/mol. The number of nitrogens with one attached hydrogen (secondary N) is 1. The largest absolute Gasteiger partial charge is 0.356 e. The summed E-state index contributed by atoms with van der Waals surface area (Å²) in [6, 6.07) is 10.1. The minimum absolute atomic E-state index is 0.00892. The van der Waals surface area contributed by atoms with Crippen molar-refractivity contribution in [1.29, 1.82) is 0 Å². The quantitative estimate of drug-likeness (QED) is 0.775. The Kier molecular flexibility index (Phi) is 6.48. The van der Waals surface area contributed by atoms with Gasteiger partial charge in [-0.2, -0.15) is 0 Å². The van der Waals surface area contributed by atoms with Crippen LogP contribution in [0.4, 0.5) is 0 Å². The van der Waals surface area contributed by atoms with Crippen LogP contribution >= 0.6 is 0 Å². The molecule has 6 nitrogen and oxygen atoms in total. The average molecular weight is 371 g/mol. The third kappa shape index (κ3) is 5.08. The molecule has 0 radical (unpaired) electrons. The molecule has 2 saturated heterocycles. The van der Waals surface area contributed by atoms with Crippen LogP contribution in [0.3, 0.4) is 0 Å². The zero-order valence-electron chi connectivity index (χ0n) is 16.0. The van der Waals surface area contributed by atoms with Crippen molar-refractivity contribution in [2.45, 2.75) is 38.5 Å². The molecule has 2 atom stereocenters. The van der Waals surface area contributed by atoms with E-state index in [1.807, 2.05) is 23.1 Å². The first-order chi connectivity index (χ1) is 13.0. The molecule has 3 amide bonds. The van der Waals surface area contributed by atoms with Crippen molar-refractivity contribution in [3.8, 4) is 0 Å². The highest BCUT2D eigenvalue weighted by Crippen LogP contribution is 2.30. The maximum atomic E-state index is 12.7. The first kappa shape index (κ1) is 19.4. The zero-order valence-corrected chi connectivity index (χ0v) is 16.0.